The molecule has 1 fully saturated rings. The lowest BCUT2D eigenvalue weighted by atomic mass is 9.93. The van der Waals surface area contributed by atoms with Crippen LogP contribution in [-0.2, 0) is 0 Å². The summed E-state index contributed by atoms with van der Waals surface area (Å²) in [7, 11) is 0. The molecule has 1 aromatic carbocycles. The van der Waals surface area contributed by atoms with E-state index in [0.717, 1.165) is 31.4 Å². The Labute approximate surface area is 133 Å². The van der Waals surface area contributed by atoms with E-state index in [9.17, 15) is 9.90 Å². The predicted molar refractivity (Wildman–Crippen MR) is 84.3 cm³/mol. The smallest absolute Gasteiger partial charge is 0.254 e. The first-order chi connectivity index (χ1) is 10.6. The third-order valence-electron chi connectivity index (χ3n) is 3.95. The van der Waals surface area contributed by atoms with Gasteiger partial charge in [0, 0.05) is 17.3 Å². The summed E-state index contributed by atoms with van der Waals surface area (Å²) in [5, 5.41) is 17.3. The van der Waals surface area contributed by atoms with Gasteiger partial charge >= 0.3 is 0 Å². The number of carbonyl (C=O) groups excluding carboxylic acids is 1. The highest BCUT2D eigenvalue weighted by Crippen LogP contribution is 2.19. The minimum atomic E-state index is -0.223. The van der Waals surface area contributed by atoms with Gasteiger partial charge in [-0.25, -0.2) is 4.68 Å². The molecule has 0 aliphatic heterocycles. The largest absolute Gasteiger partial charge is 0.393 e. The number of benzene rings is 1. The fourth-order valence-electron chi connectivity index (χ4n) is 2.69. The van der Waals surface area contributed by atoms with E-state index in [1.54, 1.807) is 29.2 Å². The summed E-state index contributed by atoms with van der Waals surface area (Å²) >= 11 is 5.96. The fourth-order valence-corrected chi connectivity index (χ4v) is 2.87. The minimum Gasteiger partial charge on any atom is -0.393 e. The highest BCUT2D eigenvalue weighted by Gasteiger charge is 2.21. The van der Waals surface area contributed by atoms with Crippen molar-refractivity contribution in [3.05, 3.63) is 47.2 Å². The molecule has 0 atom stereocenters. The molecule has 2 aromatic rings. The number of hydrogen-bond acceptors (Lipinski definition) is 3. The van der Waals surface area contributed by atoms with Crippen molar-refractivity contribution in [2.24, 2.45) is 0 Å². The number of halogens is 1. The van der Waals surface area contributed by atoms with E-state index in [1.165, 1.54) is 0 Å². The standard InChI is InChI=1S/C16H18ClN3O2/c17-12-2-1-3-14(8-12)20-10-11(9-18-20)16(22)19-13-4-6-15(21)7-5-13/h1-3,8-10,13,15,21H,4-7H2,(H,19,22). The molecule has 1 amide bonds. The van der Waals surface area contributed by atoms with Gasteiger partial charge in [-0.15, -0.1) is 0 Å². The van der Waals surface area contributed by atoms with Crippen LogP contribution in [0.2, 0.25) is 5.02 Å². The van der Waals surface area contributed by atoms with Crippen LogP contribution in [0.5, 0.6) is 0 Å². The summed E-state index contributed by atoms with van der Waals surface area (Å²) in [4.78, 5) is 12.3. The molecule has 0 bridgehead atoms. The summed E-state index contributed by atoms with van der Waals surface area (Å²) < 4.78 is 1.63. The molecule has 116 valence electrons. The molecular weight excluding hydrogens is 302 g/mol. The normalized spacial score (nSPS) is 21.5. The highest BCUT2D eigenvalue weighted by molar-refractivity contribution is 6.30. The first-order valence-electron chi connectivity index (χ1n) is 7.41. The Kier molecular flexibility index (Phi) is 4.45. The van der Waals surface area contributed by atoms with Gasteiger partial charge in [-0.1, -0.05) is 17.7 Å². The molecular formula is C16H18ClN3O2. The maximum atomic E-state index is 12.3. The number of amides is 1. The number of aliphatic hydroxyl groups excluding tert-OH is 1. The van der Waals surface area contributed by atoms with Crippen molar-refractivity contribution in [1.29, 1.82) is 0 Å². The molecule has 0 radical (unpaired) electrons. The lowest BCUT2D eigenvalue weighted by Gasteiger charge is -2.25. The molecule has 1 aromatic heterocycles. The Hall–Kier alpha value is -1.85. The van der Waals surface area contributed by atoms with Gasteiger partial charge in [0.25, 0.3) is 5.91 Å². The minimum absolute atomic E-state index is 0.130. The van der Waals surface area contributed by atoms with E-state index in [0.29, 0.717) is 10.6 Å². The van der Waals surface area contributed by atoms with Crippen molar-refractivity contribution in [2.75, 3.05) is 0 Å². The van der Waals surface area contributed by atoms with Crippen molar-refractivity contribution in [3.8, 4) is 5.69 Å². The van der Waals surface area contributed by atoms with Gasteiger partial charge < -0.3 is 10.4 Å². The zero-order chi connectivity index (χ0) is 15.5. The predicted octanol–water partition coefficient (Wildman–Crippen LogP) is 2.56. The van der Waals surface area contributed by atoms with E-state index < -0.39 is 0 Å². The van der Waals surface area contributed by atoms with E-state index in [-0.39, 0.29) is 18.1 Å². The number of aromatic nitrogens is 2. The van der Waals surface area contributed by atoms with Gasteiger partial charge in [0.2, 0.25) is 0 Å². The Balaban J connectivity index is 1.67. The van der Waals surface area contributed by atoms with Crippen molar-refractivity contribution in [3.63, 3.8) is 0 Å². The SMILES string of the molecule is O=C(NC1CCC(O)CC1)c1cnn(-c2cccc(Cl)c2)c1. The third-order valence-corrected chi connectivity index (χ3v) is 4.18. The summed E-state index contributed by atoms with van der Waals surface area (Å²) in [6.07, 6.45) is 6.13. The molecule has 0 spiro atoms. The number of aliphatic hydroxyl groups is 1. The van der Waals surface area contributed by atoms with E-state index in [2.05, 4.69) is 10.4 Å². The van der Waals surface area contributed by atoms with Crippen LogP contribution in [0.3, 0.4) is 0 Å². The second kappa shape index (κ2) is 6.50. The quantitative estimate of drug-likeness (QED) is 0.913. The maximum Gasteiger partial charge on any atom is 0.254 e. The lowest BCUT2D eigenvalue weighted by Crippen LogP contribution is -2.38. The van der Waals surface area contributed by atoms with Gasteiger partial charge in [-0.05, 0) is 43.9 Å². The molecule has 3 rings (SSSR count). The van der Waals surface area contributed by atoms with Gasteiger partial charge in [-0.3, -0.25) is 4.79 Å². The first-order valence-corrected chi connectivity index (χ1v) is 7.79. The molecule has 1 aliphatic rings. The number of hydrogen-bond donors (Lipinski definition) is 2. The lowest BCUT2D eigenvalue weighted by molar-refractivity contribution is 0.0867. The summed E-state index contributed by atoms with van der Waals surface area (Å²) in [5.41, 5.74) is 1.33. The first kappa shape index (κ1) is 15.1. The molecule has 1 saturated carbocycles. The fraction of sp³-hybridized carbons (Fsp3) is 0.375. The molecule has 1 heterocycles. The van der Waals surface area contributed by atoms with Crippen molar-refractivity contribution in [1.82, 2.24) is 15.1 Å². The monoisotopic (exact) mass is 319 g/mol. The molecule has 2 N–H and O–H groups in total. The maximum absolute atomic E-state index is 12.3. The number of nitrogens with one attached hydrogen (secondary N) is 1. The van der Waals surface area contributed by atoms with E-state index in [4.69, 9.17) is 11.6 Å². The zero-order valence-corrected chi connectivity index (χ0v) is 12.8. The van der Waals surface area contributed by atoms with Crippen molar-refractivity contribution < 1.29 is 9.90 Å². The third kappa shape index (κ3) is 3.48. The van der Waals surface area contributed by atoms with Gasteiger partial charge in [0.05, 0.1) is 23.6 Å². The Morgan fingerprint density at radius 2 is 2.09 bits per heavy atom. The Morgan fingerprint density at radius 1 is 1.32 bits per heavy atom. The van der Waals surface area contributed by atoms with Crippen LogP contribution in [-0.4, -0.2) is 32.9 Å². The van der Waals surface area contributed by atoms with Gasteiger partial charge in [0.1, 0.15) is 0 Å². The van der Waals surface area contributed by atoms with Gasteiger partial charge in [0.15, 0.2) is 0 Å². The number of carbonyl (C=O) groups is 1. The molecule has 5 nitrogen and oxygen atoms in total. The second-order valence-corrected chi connectivity index (χ2v) is 6.07. The Bertz CT molecular complexity index is 663. The molecule has 0 unspecified atom stereocenters. The van der Waals surface area contributed by atoms with Gasteiger partial charge in [-0.2, -0.15) is 5.10 Å². The van der Waals surface area contributed by atoms with Crippen LogP contribution in [0.15, 0.2) is 36.7 Å². The number of nitrogens with zero attached hydrogens (tertiary/aromatic N) is 2. The van der Waals surface area contributed by atoms with Crippen LogP contribution in [0.1, 0.15) is 36.0 Å². The average Bonchev–Trinajstić information content (AvgIpc) is 3.00. The van der Waals surface area contributed by atoms with Crippen LogP contribution in [0.4, 0.5) is 0 Å². The van der Waals surface area contributed by atoms with Crippen LogP contribution >= 0.6 is 11.6 Å². The molecule has 6 heteroatoms. The van der Waals surface area contributed by atoms with Crippen LogP contribution in [0.25, 0.3) is 5.69 Å². The summed E-state index contributed by atoms with van der Waals surface area (Å²) in [5.74, 6) is -0.130. The zero-order valence-electron chi connectivity index (χ0n) is 12.1. The highest BCUT2D eigenvalue weighted by atomic mass is 35.5. The topological polar surface area (TPSA) is 67.2 Å². The van der Waals surface area contributed by atoms with E-state index in [1.807, 2.05) is 12.1 Å². The van der Waals surface area contributed by atoms with Crippen LogP contribution < -0.4 is 5.32 Å². The summed E-state index contributed by atoms with van der Waals surface area (Å²) in [6.45, 7) is 0. The summed E-state index contributed by atoms with van der Waals surface area (Å²) in [6, 6.07) is 7.43. The average molecular weight is 320 g/mol. The molecule has 0 saturated heterocycles. The Morgan fingerprint density at radius 3 is 2.82 bits per heavy atom. The van der Waals surface area contributed by atoms with E-state index >= 15 is 0 Å². The van der Waals surface area contributed by atoms with Crippen LogP contribution in [0, 0.1) is 0 Å². The number of rotatable bonds is 3. The second-order valence-electron chi connectivity index (χ2n) is 5.63. The van der Waals surface area contributed by atoms with Crippen molar-refractivity contribution >= 4 is 17.5 Å². The molecule has 22 heavy (non-hydrogen) atoms. The van der Waals surface area contributed by atoms with Crippen molar-refractivity contribution in [2.45, 2.75) is 37.8 Å². The molecule has 1 aliphatic carbocycles.